The first-order chi connectivity index (χ1) is 29.9. The number of benzene rings is 1. The van der Waals surface area contributed by atoms with Gasteiger partial charge in [-0.25, -0.2) is 9.55 Å². The molecular weight excluding hydrogens is 847 g/mol. The molecule has 2 heterocycles. The summed E-state index contributed by atoms with van der Waals surface area (Å²) < 4.78 is 32.5. The number of H-pyrrole nitrogens is 1. The van der Waals surface area contributed by atoms with Crippen LogP contribution in [0.1, 0.15) is 64.1 Å². The predicted molar refractivity (Wildman–Crippen MR) is 225 cm³/mol. The van der Waals surface area contributed by atoms with Gasteiger partial charge >= 0.3 is 7.82 Å². The third-order valence-corrected chi connectivity index (χ3v) is 10.6. The molecule has 352 valence electrons. The van der Waals surface area contributed by atoms with Crippen LogP contribution < -0.4 is 27.0 Å². The Balaban J connectivity index is 1.76. The number of nitrogens with one attached hydrogen (secondary N) is 5. The summed E-state index contributed by atoms with van der Waals surface area (Å²) in [5, 5.41) is 19.9. The number of primary amides is 1. The number of aromatic amines is 1. The van der Waals surface area contributed by atoms with E-state index in [1.165, 1.54) is 30.1 Å². The van der Waals surface area contributed by atoms with E-state index in [4.69, 9.17) is 29.7 Å². The first-order valence-electron chi connectivity index (χ1n) is 20.8. The number of aryl methyl sites for hydroxylation is 1. The highest BCUT2D eigenvalue weighted by Gasteiger charge is 2.41. The number of nitrogens with zero attached hydrogens (tertiary/aromatic N) is 2. The highest BCUT2D eigenvalue weighted by molar-refractivity contribution is 7.46. The molecule has 23 heteroatoms. The van der Waals surface area contributed by atoms with Gasteiger partial charge in [0.1, 0.15) is 30.2 Å². The summed E-state index contributed by atoms with van der Waals surface area (Å²) in [4.78, 5) is 107. The van der Waals surface area contributed by atoms with Gasteiger partial charge in [0.2, 0.25) is 35.4 Å². The summed E-state index contributed by atoms with van der Waals surface area (Å²) in [6.45, 7) is 5.01. The fourth-order valence-corrected chi connectivity index (χ4v) is 7.36. The molecule has 2 aromatic rings. The van der Waals surface area contributed by atoms with Crippen LogP contribution in [-0.2, 0) is 64.9 Å². The number of phosphoric ester groups is 1. The van der Waals surface area contributed by atoms with Crippen LogP contribution in [0.4, 0.5) is 0 Å². The van der Waals surface area contributed by atoms with Gasteiger partial charge in [0, 0.05) is 45.0 Å². The number of imidazole rings is 1. The van der Waals surface area contributed by atoms with Crippen LogP contribution in [-0.4, -0.2) is 154 Å². The summed E-state index contributed by atoms with van der Waals surface area (Å²) in [5.74, 6) is -5.22. The van der Waals surface area contributed by atoms with E-state index in [1.807, 2.05) is 32.0 Å². The van der Waals surface area contributed by atoms with Crippen molar-refractivity contribution in [3.63, 3.8) is 0 Å². The minimum atomic E-state index is -5.12. The molecule has 0 bridgehead atoms. The number of aliphatic hydroxyl groups is 1. The first kappa shape index (κ1) is 52.5. The van der Waals surface area contributed by atoms with Crippen molar-refractivity contribution < 1.29 is 67.0 Å². The lowest BCUT2D eigenvalue weighted by molar-refractivity contribution is -0.140. The van der Waals surface area contributed by atoms with Crippen molar-refractivity contribution in [2.45, 2.75) is 108 Å². The minimum Gasteiger partial charge on any atom is -0.394 e. The highest BCUT2D eigenvalue weighted by atomic mass is 31.2. The number of methoxy groups -OCH3 is 1. The van der Waals surface area contributed by atoms with Crippen molar-refractivity contribution in [3.05, 3.63) is 54.1 Å². The maximum atomic E-state index is 14.1. The van der Waals surface area contributed by atoms with Crippen LogP contribution in [0.2, 0.25) is 0 Å². The fourth-order valence-electron chi connectivity index (χ4n) is 6.80. The van der Waals surface area contributed by atoms with Crippen LogP contribution in [0.5, 0.6) is 0 Å². The molecule has 1 aliphatic heterocycles. The lowest BCUT2D eigenvalue weighted by Crippen LogP contribution is -2.61. The Morgan fingerprint density at radius 2 is 1.60 bits per heavy atom. The van der Waals surface area contributed by atoms with Crippen LogP contribution in [0.3, 0.4) is 0 Å². The number of likely N-dealkylation sites (tertiary alicyclic amines) is 1. The zero-order valence-electron chi connectivity index (χ0n) is 36.1. The SMILES string of the molecule is COCCOCCC(=O)N1C[C@H](OCCCCc2ccccc2)C[C@H]1C(=O)N[C@@H](CC(C)C)C(=O)N[C@@H](Cc1cnc[nH]1)C(=O)N[C@@H](CO)C(=O)N[C@H](C(N)=O)C(C)OP(=O)(O)O. The number of phosphoric acid groups is 1. The maximum absolute atomic E-state index is 14.1. The molecule has 1 saturated heterocycles. The standard InChI is InChI=1S/C40H63N8O14P/c1-25(2)18-30(45-40(55)33-20-29(22-48(33)34(50)13-15-60-17-16-59-4)61-14-9-8-12-27-10-6-5-7-11-27)37(52)44-31(19-28-21-42-24-43-28)38(53)46-32(23-49)39(54)47-35(36(41)51)26(3)62-63(56,57)58/h5-7,10-11,21,24-26,29-33,35,49H,8-9,12-20,22-23H2,1-4H3,(H2,41,51)(H,42,43)(H,44,52)(H,45,55)(H,46,53)(H,47,54)(H2,56,57,58)/t26?,29-,30+,31+,32+,33+,35+/m1/s1. The van der Waals surface area contributed by atoms with Crippen molar-refractivity contribution in [1.82, 2.24) is 36.1 Å². The second kappa shape index (κ2) is 26.7. The topological polar surface area (TPSA) is 323 Å². The molecule has 0 spiro atoms. The molecule has 1 aliphatic rings. The largest absolute Gasteiger partial charge is 0.469 e. The minimum absolute atomic E-state index is 0.00611. The van der Waals surface area contributed by atoms with E-state index in [2.05, 4.69) is 47.9 Å². The Bertz CT molecular complexity index is 1800. The Morgan fingerprint density at radius 1 is 0.921 bits per heavy atom. The molecule has 1 fully saturated rings. The van der Waals surface area contributed by atoms with Gasteiger partial charge in [0.25, 0.3) is 0 Å². The molecule has 1 aromatic heterocycles. The van der Waals surface area contributed by atoms with Gasteiger partial charge in [-0.2, -0.15) is 0 Å². The quantitative estimate of drug-likeness (QED) is 0.0348. The molecule has 0 saturated carbocycles. The number of amides is 6. The normalized spacial score (nSPS) is 17.6. The smallest absolute Gasteiger partial charge is 0.394 e. The molecule has 22 nitrogen and oxygen atoms in total. The first-order valence-corrected chi connectivity index (χ1v) is 22.3. The summed E-state index contributed by atoms with van der Waals surface area (Å²) in [6, 6.07) is 2.89. The summed E-state index contributed by atoms with van der Waals surface area (Å²) >= 11 is 0. The van der Waals surface area contributed by atoms with Gasteiger partial charge in [0.05, 0.1) is 51.4 Å². The van der Waals surface area contributed by atoms with E-state index in [9.17, 15) is 38.4 Å². The van der Waals surface area contributed by atoms with Crippen molar-refractivity contribution in [2.75, 3.05) is 46.7 Å². The number of hydrogen-bond acceptors (Lipinski definition) is 13. The van der Waals surface area contributed by atoms with E-state index < -0.39 is 86.4 Å². The summed E-state index contributed by atoms with van der Waals surface area (Å²) in [7, 11) is -3.59. The molecular formula is C40H63N8O14P. The maximum Gasteiger partial charge on any atom is 0.469 e. The lowest BCUT2D eigenvalue weighted by Gasteiger charge is -2.28. The fraction of sp³-hybridized carbons (Fsp3) is 0.625. The van der Waals surface area contributed by atoms with Gasteiger partial charge in [-0.05, 0) is 44.1 Å². The van der Waals surface area contributed by atoms with Gasteiger partial charge in [-0.3, -0.25) is 33.3 Å². The van der Waals surface area contributed by atoms with Crippen molar-refractivity contribution in [3.8, 4) is 0 Å². The molecule has 7 atom stereocenters. The third-order valence-electron chi connectivity index (χ3n) is 9.98. The van der Waals surface area contributed by atoms with E-state index in [0.29, 0.717) is 18.9 Å². The second-order valence-electron chi connectivity index (χ2n) is 15.6. The van der Waals surface area contributed by atoms with Crippen LogP contribution >= 0.6 is 7.82 Å². The molecule has 63 heavy (non-hydrogen) atoms. The Labute approximate surface area is 366 Å². The Kier molecular flexibility index (Phi) is 22.3. The molecule has 10 N–H and O–H groups in total. The molecule has 3 rings (SSSR count). The number of nitrogens with two attached hydrogens (primary N) is 1. The Morgan fingerprint density at radius 3 is 2.22 bits per heavy atom. The van der Waals surface area contributed by atoms with Crippen molar-refractivity contribution in [1.29, 1.82) is 0 Å². The molecule has 1 aromatic carbocycles. The molecule has 0 radical (unpaired) electrons. The average Bonchev–Trinajstić information content (AvgIpc) is 3.91. The number of aliphatic hydroxyl groups excluding tert-OH is 1. The van der Waals surface area contributed by atoms with Gasteiger partial charge in [-0.1, -0.05) is 44.2 Å². The second-order valence-corrected chi connectivity index (χ2v) is 16.7. The highest BCUT2D eigenvalue weighted by Crippen LogP contribution is 2.38. The number of rotatable bonds is 29. The molecule has 6 amide bonds. The van der Waals surface area contributed by atoms with E-state index in [-0.39, 0.29) is 57.3 Å². The monoisotopic (exact) mass is 910 g/mol. The average molecular weight is 911 g/mol. The lowest BCUT2D eigenvalue weighted by atomic mass is 10.0. The van der Waals surface area contributed by atoms with E-state index in [1.54, 1.807) is 0 Å². The van der Waals surface area contributed by atoms with Gasteiger partial charge in [0.15, 0.2) is 0 Å². The number of ether oxygens (including phenoxy) is 3. The number of unbranched alkanes of at least 4 members (excludes halogenated alkanes) is 1. The number of carbonyl (C=O) groups is 6. The van der Waals surface area contributed by atoms with Crippen molar-refractivity contribution >= 4 is 43.3 Å². The van der Waals surface area contributed by atoms with Crippen molar-refractivity contribution in [2.24, 2.45) is 11.7 Å². The van der Waals surface area contributed by atoms with Gasteiger partial charge in [-0.15, -0.1) is 0 Å². The Hall–Kier alpha value is -4.80. The number of carbonyl (C=O) groups excluding carboxylic acids is 6. The van der Waals surface area contributed by atoms with E-state index in [0.717, 1.165) is 26.2 Å². The predicted octanol–water partition coefficient (Wildman–Crippen LogP) is -1.02. The number of hydrogen-bond donors (Lipinski definition) is 9. The number of aromatic nitrogens is 2. The van der Waals surface area contributed by atoms with Crippen LogP contribution in [0, 0.1) is 5.92 Å². The summed E-state index contributed by atoms with van der Waals surface area (Å²) in [5.41, 5.74) is 6.92. The molecule has 0 aliphatic carbocycles. The zero-order valence-corrected chi connectivity index (χ0v) is 37.0. The van der Waals surface area contributed by atoms with Gasteiger partial charge < -0.3 is 66.0 Å². The molecule has 1 unspecified atom stereocenters. The van der Waals surface area contributed by atoms with Crippen LogP contribution in [0.15, 0.2) is 42.9 Å². The summed E-state index contributed by atoms with van der Waals surface area (Å²) in [6.07, 6.45) is 3.28. The zero-order chi connectivity index (χ0) is 46.5. The van der Waals surface area contributed by atoms with Crippen LogP contribution in [0.25, 0.3) is 0 Å². The third kappa shape index (κ3) is 18.8. The van der Waals surface area contributed by atoms with E-state index >= 15 is 0 Å².